The zero-order valence-electron chi connectivity index (χ0n) is 14.2. The summed E-state index contributed by atoms with van der Waals surface area (Å²) in [6, 6.07) is 9.65. The number of rotatable bonds is 5. The number of phenols is 1. The molecule has 0 radical (unpaired) electrons. The minimum absolute atomic E-state index is 0.0307. The maximum atomic E-state index is 13.7. The van der Waals surface area contributed by atoms with Gasteiger partial charge in [0.2, 0.25) is 5.88 Å². The molecule has 0 saturated carbocycles. The van der Waals surface area contributed by atoms with Gasteiger partial charge in [-0.05, 0) is 52.7 Å². The zero-order chi connectivity index (χ0) is 19.6. The van der Waals surface area contributed by atoms with Gasteiger partial charge in [-0.3, -0.25) is 9.36 Å². The van der Waals surface area contributed by atoms with Crippen molar-refractivity contribution >= 4 is 15.9 Å². The molecule has 0 amide bonds. The summed E-state index contributed by atoms with van der Waals surface area (Å²) in [7, 11) is 0. The first-order chi connectivity index (χ1) is 12.8. The van der Waals surface area contributed by atoms with Gasteiger partial charge in [0.05, 0.1) is 6.54 Å². The second-order valence-electron chi connectivity index (χ2n) is 5.86. The first-order valence-electron chi connectivity index (χ1n) is 7.96. The molecule has 140 valence electrons. The van der Waals surface area contributed by atoms with Crippen molar-refractivity contribution in [1.29, 1.82) is 0 Å². The molecule has 0 unspecified atom stereocenters. The Kier molecular flexibility index (Phi) is 5.55. The lowest BCUT2D eigenvalue weighted by molar-refractivity contribution is 0.282. The topological polar surface area (TPSA) is 64.3 Å². The predicted octanol–water partition coefficient (Wildman–Crippen LogP) is 3.93. The second kappa shape index (κ2) is 7.87. The third kappa shape index (κ3) is 4.33. The van der Waals surface area contributed by atoms with E-state index in [0.717, 1.165) is 17.7 Å². The smallest absolute Gasteiger partial charge is 0.272 e. The molecule has 0 spiro atoms. The molecule has 0 fully saturated rings. The van der Waals surface area contributed by atoms with Gasteiger partial charge in [-0.2, -0.15) is 4.98 Å². The number of aryl methyl sites for hydroxylation is 1. The molecule has 0 aliphatic heterocycles. The normalized spacial score (nSPS) is 10.8. The number of nitrogens with zero attached hydrogens (tertiary/aromatic N) is 2. The molecule has 8 heteroatoms. The van der Waals surface area contributed by atoms with E-state index in [1.807, 2.05) is 0 Å². The van der Waals surface area contributed by atoms with E-state index in [0.29, 0.717) is 5.82 Å². The van der Waals surface area contributed by atoms with Gasteiger partial charge in [0.15, 0.2) is 0 Å². The van der Waals surface area contributed by atoms with Crippen LogP contribution >= 0.6 is 15.9 Å². The summed E-state index contributed by atoms with van der Waals surface area (Å²) < 4.78 is 33.7. The summed E-state index contributed by atoms with van der Waals surface area (Å²) in [5.41, 5.74) is 0.606. The van der Waals surface area contributed by atoms with Gasteiger partial charge >= 0.3 is 0 Å². The van der Waals surface area contributed by atoms with E-state index in [-0.39, 0.29) is 40.4 Å². The highest BCUT2D eigenvalue weighted by atomic mass is 79.9. The van der Waals surface area contributed by atoms with E-state index in [1.54, 1.807) is 19.1 Å². The van der Waals surface area contributed by atoms with Crippen LogP contribution < -0.4 is 10.3 Å². The molecule has 27 heavy (non-hydrogen) atoms. The van der Waals surface area contributed by atoms with Crippen LogP contribution in [-0.2, 0) is 13.2 Å². The molecule has 1 N–H and O–H groups in total. The van der Waals surface area contributed by atoms with Crippen molar-refractivity contribution in [3.05, 3.63) is 85.9 Å². The Morgan fingerprint density at radius 2 is 1.89 bits per heavy atom. The Morgan fingerprint density at radius 3 is 2.56 bits per heavy atom. The Bertz CT molecular complexity index is 1040. The lowest BCUT2D eigenvalue weighted by Crippen LogP contribution is -2.25. The van der Waals surface area contributed by atoms with Crippen LogP contribution in [0.2, 0.25) is 0 Å². The first kappa shape index (κ1) is 19.0. The molecular formula is C19H15BrF2N2O3. The van der Waals surface area contributed by atoms with Crippen LogP contribution in [0.25, 0.3) is 0 Å². The monoisotopic (exact) mass is 436 g/mol. The van der Waals surface area contributed by atoms with Crippen molar-refractivity contribution in [3.63, 3.8) is 0 Å². The minimum atomic E-state index is -0.733. The van der Waals surface area contributed by atoms with Gasteiger partial charge in [-0.25, -0.2) is 8.78 Å². The van der Waals surface area contributed by atoms with Crippen molar-refractivity contribution in [2.75, 3.05) is 0 Å². The maximum absolute atomic E-state index is 13.7. The van der Waals surface area contributed by atoms with Crippen molar-refractivity contribution in [2.45, 2.75) is 20.1 Å². The minimum Gasteiger partial charge on any atom is -0.508 e. The first-order valence-corrected chi connectivity index (χ1v) is 8.76. The summed E-state index contributed by atoms with van der Waals surface area (Å²) >= 11 is 3.18. The van der Waals surface area contributed by atoms with E-state index in [1.165, 1.54) is 22.8 Å². The molecule has 0 saturated heterocycles. The van der Waals surface area contributed by atoms with Gasteiger partial charge in [-0.15, -0.1) is 0 Å². The quantitative estimate of drug-likeness (QED) is 0.657. The number of aromatic nitrogens is 2. The third-order valence-electron chi connectivity index (χ3n) is 3.93. The highest BCUT2D eigenvalue weighted by molar-refractivity contribution is 9.10. The molecule has 0 aliphatic carbocycles. The predicted molar refractivity (Wildman–Crippen MR) is 98.8 cm³/mol. The molecule has 1 aromatic heterocycles. The number of hydrogen-bond acceptors (Lipinski definition) is 4. The lowest BCUT2D eigenvalue weighted by Gasteiger charge is -2.14. The number of hydrogen-bond donors (Lipinski definition) is 1. The summed E-state index contributed by atoms with van der Waals surface area (Å²) in [4.78, 5) is 16.9. The average Bonchev–Trinajstić information content (AvgIpc) is 2.63. The molecule has 5 nitrogen and oxygen atoms in total. The van der Waals surface area contributed by atoms with E-state index in [2.05, 4.69) is 20.9 Å². The van der Waals surface area contributed by atoms with Gasteiger partial charge < -0.3 is 9.84 Å². The third-order valence-corrected chi connectivity index (χ3v) is 4.61. The number of halogens is 3. The summed E-state index contributed by atoms with van der Waals surface area (Å²) in [6.07, 6.45) is 0. The number of phenolic OH excluding ortho intramolecular Hbond substituents is 1. The van der Waals surface area contributed by atoms with Crippen molar-refractivity contribution in [3.8, 4) is 11.6 Å². The largest absolute Gasteiger partial charge is 0.508 e. The fourth-order valence-corrected chi connectivity index (χ4v) is 2.88. The molecule has 0 aliphatic rings. The number of benzene rings is 2. The van der Waals surface area contributed by atoms with Gasteiger partial charge in [0.25, 0.3) is 5.56 Å². The van der Waals surface area contributed by atoms with E-state index in [9.17, 15) is 18.7 Å². The Balaban J connectivity index is 1.83. The van der Waals surface area contributed by atoms with Crippen LogP contribution in [0.15, 0.2) is 51.7 Å². The molecule has 2 aromatic carbocycles. The van der Waals surface area contributed by atoms with Crippen LogP contribution in [0.1, 0.15) is 17.0 Å². The molecule has 3 aromatic rings. The summed E-state index contributed by atoms with van der Waals surface area (Å²) in [5, 5.41) is 9.35. The van der Waals surface area contributed by atoms with Crippen molar-refractivity contribution < 1.29 is 18.6 Å². The van der Waals surface area contributed by atoms with E-state index < -0.39 is 11.6 Å². The van der Waals surface area contributed by atoms with Crippen LogP contribution in [-0.4, -0.2) is 14.7 Å². The molecule has 3 rings (SSSR count). The SMILES string of the molecule is Cc1nc(OCc2ccc(F)cc2F)c(Br)c(=O)n1Cc1ccc(O)cc1. The number of aromatic hydroxyl groups is 1. The fraction of sp³-hybridized carbons (Fsp3) is 0.158. The highest BCUT2D eigenvalue weighted by Crippen LogP contribution is 2.21. The van der Waals surface area contributed by atoms with Crippen molar-refractivity contribution in [2.24, 2.45) is 0 Å². The van der Waals surface area contributed by atoms with Crippen LogP contribution in [0.4, 0.5) is 8.78 Å². The summed E-state index contributed by atoms with van der Waals surface area (Å²) in [5.74, 6) is -0.834. The van der Waals surface area contributed by atoms with Crippen LogP contribution in [0.3, 0.4) is 0 Å². The van der Waals surface area contributed by atoms with E-state index >= 15 is 0 Å². The molecule has 0 bridgehead atoms. The fourth-order valence-electron chi connectivity index (χ4n) is 2.46. The average molecular weight is 437 g/mol. The van der Waals surface area contributed by atoms with Gasteiger partial charge in [0.1, 0.15) is 34.3 Å². The Labute approximate surface area is 162 Å². The van der Waals surface area contributed by atoms with Crippen molar-refractivity contribution in [1.82, 2.24) is 9.55 Å². The Hall–Kier alpha value is -2.74. The van der Waals surface area contributed by atoms with E-state index in [4.69, 9.17) is 4.74 Å². The Morgan fingerprint density at radius 1 is 1.19 bits per heavy atom. The maximum Gasteiger partial charge on any atom is 0.272 e. The van der Waals surface area contributed by atoms with Crippen LogP contribution in [0, 0.1) is 18.6 Å². The van der Waals surface area contributed by atoms with Crippen LogP contribution in [0.5, 0.6) is 11.6 Å². The zero-order valence-corrected chi connectivity index (χ0v) is 15.8. The lowest BCUT2D eigenvalue weighted by atomic mass is 10.2. The van der Waals surface area contributed by atoms with Gasteiger partial charge in [0, 0.05) is 11.6 Å². The standard InChI is InChI=1S/C19H15BrF2N2O3/c1-11-23-18(27-10-13-4-5-14(21)8-16(13)22)17(20)19(26)24(11)9-12-2-6-15(25)7-3-12/h2-8,25H,9-10H2,1H3. The number of ether oxygens (including phenoxy) is 1. The van der Waals surface area contributed by atoms with Gasteiger partial charge in [-0.1, -0.05) is 12.1 Å². The second-order valence-corrected chi connectivity index (χ2v) is 6.65. The molecular weight excluding hydrogens is 422 g/mol. The molecule has 1 heterocycles. The molecule has 0 atom stereocenters. The highest BCUT2D eigenvalue weighted by Gasteiger charge is 2.15. The summed E-state index contributed by atoms with van der Waals surface area (Å²) in [6.45, 7) is 1.72.